The summed E-state index contributed by atoms with van der Waals surface area (Å²) in [5.74, 6) is 0.307. The summed E-state index contributed by atoms with van der Waals surface area (Å²) in [5.41, 5.74) is 4.75. The molecule has 0 N–H and O–H groups in total. The van der Waals surface area contributed by atoms with E-state index in [1.807, 2.05) is 66.7 Å². The maximum absolute atomic E-state index is 15.3. The van der Waals surface area contributed by atoms with E-state index in [9.17, 15) is 0 Å². The summed E-state index contributed by atoms with van der Waals surface area (Å²) in [6.45, 7) is 2.30. The van der Waals surface area contributed by atoms with Gasteiger partial charge < -0.3 is 4.57 Å². The molecule has 1 nitrogen and oxygen atoms in total. The molecule has 6 aromatic rings. The molecular weight excluding hydrogens is 563 g/mol. The van der Waals surface area contributed by atoms with E-state index in [2.05, 4.69) is 116 Å². The second-order valence-electron chi connectivity index (χ2n) is 12.3. The molecule has 0 fully saturated rings. The fourth-order valence-electron chi connectivity index (χ4n) is 7.18. The van der Waals surface area contributed by atoms with Crippen LogP contribution in [0.15, 0.2) is 176 Å². The van der Waals surface area contributed by atoms with Gasteiger partial charge in [0.05, 0.1) is 0 Å². The van der Waals surface area contributed by atoms with Crippen molar-refractivity contribution in [3.8, 4) is 11.1 Å². The van der Waals surface area contributed by atoms with E-state index >= 15 is 4.57 Å². The molecule has 2 unspecified atom stereocenters. The van der Waals surface area contributed by atoms with Gasteiger partial charge in [-0.25, -0.2) is 0 Å². The molecule has 45 heavy (non-hydrogen) atoms. The van der Waals surface area contributed by atoms with Crippen molar-refractivity contribution in [2.24, 2.45) is 11.3 Å². The molecule has 0 aliphatic heterocycles. The van der Waals surface area contributed by atoms with Crippen molar-refractivity contribution in [1.82, 2.24) is 0 Å². The van der Waals surface area contributed by atoms with Crippen LogP contribution in [0.3, 0.4) is 0 Å². The zero-order valence-electron chi connectivity index (χ0n) is 25.2. The maximum atomic E-state index is 15.3. The number of allylic oxidation sites excluding steroid dienone is 8. The van der Waals surface area contributed by atoms with Crippen molar-refractivity contribution in [2.45, 2.75) is 6.92 Å². The highest BCUT2D eigenvalue weighted by Gasteiger charge is 2.32. The largest absolute Gasteiger partial charge is 0.309 e. The predicted octanol–water partition coefficient (Wildman–Crippen LogP) is 10.0. The topological polar surface area (TPSA) is 17.1 Å². The van der Waals surface area contributed by atoms with Crippen molar-refractivity contribution in [1.29, 1.82) is 0 Å². The summed E-state index contributed by atoms with van der Waals surface area (Å²) in [6.07, 6.45) is 16.0. The van der Waals surface area contributed by atoms with Crippen LogP contribution in [0.25, 0.3) is 38.2 Å². The Kier molecular flexibility index (Phi) is 6.67. The third-order valence-electron chi connectivity index (χ3n) is 9.54. The first kappa shape index (κ1) is 27.6. The molecule has 0 aromatic heterocycles. The van der Waals surface area contributed by atoms with Crippen LogP contribution in [0.2, 0.25) is 0 Å². The molecule has 0 saturated carbocycles. The Morgan fingerprint density at radius 2 is 1.09 bits per heavy atom. The maximum Gasteiger partial charge on any atom is 0.171 e. The highest BCUT2D eigenvalue weighted by Crippen LogP contribution is 2.48. The first-order chi connectivity index (χ1) is 22.1. The van der Waals surface area contributed by atoms with Gasteiger partial charge in [-0.15, -0.1) is 0 Å². The average Bonchev–Trinajstić information content (AvgIpc) is 3.10. The summed E-state index contributed by atoms with van der Waals surface area (Å²) in [4.78, 5) is 0. The molecule has 0 saturated heterocycles. The van der Waals surface area contributed by atoms with Crippen molar-refractivity contribution in [2.75, 3.05) is 0 Å². The normalized spacial score (nSPS) is 19.0. The Bertz CT molecular complexity index is 2150. The number of fused-ring (bicyclic) bond motifs is 3. The van der Waals surface area contributed by atoms with Crippen LogP contribution in [0.1, 0.15) is 12.5 Å². The highest BCUT2D eigenvalue weighted by atomic mass is 31.2. The number of rotatable bonds is 5. The first-order valence-corrected chi connectivity index (χ1v) is 17.3. The van der Waals surface area contributed by atoms with Gasteiger partial charge in [0.2, 0.25) is 0 Å². The van der Waals surface area contributed by atoms with Crippen LogP contribution in [-0.2, 0) is 4.57 Å². The van der Waals surface area contributed by atoms with Crippen molar-refractivity contribution < 1.29 is 4.57 Å². The van der Waals surface area contributed by atoms with Gasteiger partial charge in [0, 0.05) is 27.2 Å². The zero-order chi connectivity index (χ0) is 30.4. The lowest BCUT2D eigenvalue weighted by molar-refractivity contribution is 0.454. The molecule has 0 bridgehead atoms. The van der Waals surface area contributed by atoms with Crippen LogP contribution in [0.4, 0.5) is 0 Å². The van der Waals surface area contributed by atoms with Gasteiger partial charge in [-0.1, -0.05) is 177 Å². The van der Waals surface area contributed by atoms with E-state index in [1.54, 1.807) is 0 Å². The van der Waals surface area contributed by atoms with E-state index in [0.717, 1.165) is 21.5 Å². The minimum Gasteiger partial charge on any atom is -0.309 e. The third kappa shape index (κ3) is 4.50. The lowest BCUT2D eigenvalue weighted by Gasteiger charge is -2.34. The monoisotopic (exact) mass is 596 g/mol. The van der Waals surface area contributed by atoms with Gasteiger partial charge in [-0.3, -0.25) is 0 Å². The van der Waals surface area contributed by atoms with Gasteiger partial charge in [-0.2, -0.15) is 0 Å². The quantitative estimate of drug-likeness (QED) is 0.143. The number of hydrogen-bond acceptors (Lipinski definition) is 1. The molecule has 0 spiro atoms. The Labute approximate surface area is 264 Å². The molecule has 2 aliphatic carbocycles. The molecule has 0 amide bonds. The Balaban J connectivity index is 1.38. The van der Waals surface area contributed by atoms with E-state index in [0.29, 0.717) is 5.92 Å². The van der Waals surface area contributed by atoms with Gasteiger partial charge >= 0.3 is 0 Å². The minimum atomic E-state index is -3.13. The van der Waals surface area contributed by atoms with Gasteiger partial charge in [-0.05, 0) is 49.9 Å². The fourth-order valence-corrected chi connectivity index (χ4v) is 9.88. The number of benzene rings is 6. The molecule has 0 heterocycles. The molecule has 2 heteroatoms. The zero-order valence-corrected chi connectivity index (χ0v) is 26.1. The van der Waals surface area contributed by atoms with Crippen LogP contribution in [-0.4, -0.2) is 0 Å². The van der Waals surface area contributed by atoms with Crippen molar-refractivity contribution >= 4 is 50.2 Å². The minimum absolute atomic E-state index is 0.00428. The second kappa shape index (κ2) is 10.9. The third-order valence-corrected chi connectivity index (χ3v) is 12.6. The van der Waals surface area contributed by atoms with Crippen LogP contribution in [0, 0.1) is 11.3 Å². The predicted molar refractivity (Wildman–Crippen MR) is 193 cm³/mol. The molecule has 216 valence electrons. The van der Waals surface area contributed by atoms with E-state index in [-0.39, 0.29) is 5.41 Å². The molecule has 8 rings (SSSR count). The van der Waals surface area contributed by atoms with E-state index in [1.165, 1.54) is 38.2 Å². The highest BCUT2D eigenvalue weighted by molar-refractivity contribution is 7.85. The van der Waals surface area contributed by atoms with E-state index in [4.69, 9.17) is 0 Å². The Morgan fingerprint density at radius 3 is 1.69 bits per heavy atom. The molecule has 0 radical (unpaired) electrons. The van der Waals surface area contributed by atoms with Crippen LogP contribution >= 0.6 is 7.14 Å². The van der Waals surface area contributed by atoms with Crippen LogP contribution < -0.4 is 15.9 Å². The molecule has 2 atom stereocenters. The summed E-state index contributed by atoms with van der Waals surface area (Å²) in [7, 11) is -3.13. The Morgan fingerprint density at radius 1 is 0.556 bits per heavy atom. The summed E-state index contributed by atoms with van der Waals surface area (Å²) >= 11 is 0. The summed E-state index contributed by atoms with van der Waals surface area (Å²) in [5, 5.41) is 7.35. The Hall–Kier alpha value is -4.97. The lowest BCUT2D eigenvalue weighted by Crippen LogP contribution is -2.25. The lowest BCUT2D eigenvalue weighted by atomic mass is 9.70. The molecule has 6 aromatic carbocycles. The average molecular weight is 597 g/mol. The van der Waals surface area contributed by atoms with Gasteiger partial charge in [0.25, 0.3) is 0 Å². The summed E-state index contributed by atoms with van der Waals surface area (Å²) < 4.78 is 15.3. The van der Waals surface area contributed by atoms with Crippen LogP contribution in [0.5, 0.6) is 0 Å². The standard InChI is InChI=1S/C43H33OP/c1-43-27-13-12-16-33(43)29-32(26-28-43)42-39-24-10-8-22-37(39)41(38-23-9-11-25-40(38)42)31-15-14-21-36(30-31)45(44,34-17-4-2-5-18-34)35-19-6-3-7-20-35/h2-30,33H,1H3. The second-order valence-corrected chi connectivity index (χ2v) is 15.0. The van der Waals surface area contributed by atoms with Gasteiger partial charge in [0.1, 0.15) is 0 Å². The SMILES string of the molecule is CC12C=CC=CC1C=C(c1c3ccccc3c(-c3cccc(P(=O)(c4ccccc4)c4ccccc4)c3)c3ccccc13)C=C2. The summed E-state index contributed by atoms with van der Waals surface area (Å²) in [6, 6.07) is 45.8. The van der Waals surface area contributed by atoms with Crippen molar-refractivity contribution in [3.05, 3.63) is 182 Å². The van der Waals surface area contributed by atoms with E-state index < -0.39 is 7.14 Å². The van der Waals surface area contributed by atoms with Crippen molar-refractivity contribution in [3.63, 3.8) is 0 Å². The molecule has 2 aliphatic rings. The molecular formula is C43H33OP. The van der Waals surface area contributed by atoms with Gasteiger partial charge in [0.15, 0.2) is 7.14 Å². The smallest absolute Gasteiger partial charge is 0.171 e. The fraction of sp³-hybridized carbons (Fsp3) is 0.0698. The first-order valence-electron chi connectivity index (χ1n) is 15.6. The number of hydrogen-bond donors (Lipinski definition) is 0.